The lowest BCUT2D eigenvalue weighted by molar-refractivity contribution is -0.120. The molecule has 20 heavy (non-hydrogen) atoms. The van der Waals surface area contributed by atoms with E-state index in [0.717, 1.165) is 0 Å². The molecular formula is C16H31NO3. The second kappa shape index (κ2) is 7.79. The molecule has 0 saturated carbocycles. The zero-order valence-corrected chi connectivity index (χ0v) is 13.9. The first kappa shape index (κ1) is 19.1. The van der Waals surface area contributed by atoms with Gasteiger partial charge in [0.15, 0.2) is 0 Å². The van der Waals surface area contributed by atoms with Crippen molar-refractivity contribution in [3.05, 3.63) is 12.2 Å². The van der Waals surface area contributed by atoms with Gasteiger partial charge in [-0.3, -0.25) is 4.79 Å². The predicted molar refractivity (Wildman–Crippen MR) is 82.5 cm³/mol. The minimum absolute atomic E-state index is 0.109. The molecular weight excluding hydrogens is 254 g/mol. The van der Waals surface area contributed by atoms with Gasteiger partial charge in [-0.1, -0.05) is 27.4 Å². The number of amides is 1. The summed E-state index contributed by atoms with van der Waals surface area (Å²) in [6, 6.07) is 0. The predicted octanol–water partition coefficient (Wildman–Crippen LogP) is 2.52. The third-order valence-corrected chi connectivity index (χ3v) is 4.09. The normalized spacial score (nSPS) is 13.9. The molecule has 0 bridgehead atoms. The summed E-state index contributed by atoms with van der Waals surface area (Å²) in [6.07, 6.45) is 0.695. The summed E-state index contributed by atoms with van der Waals surface area (Å²) in [5, 5.41) is 12.0. The van der Waals surface area contributed by atoms with Gasteiger partial charge in [0.25, 0.3) is 0 Å². The van der Waals surface area contributed by atoms with Crippen molar-refractivity contribution < 1.29 is 14.6 Å². The van der Waals surface area contributed by atoms with Gasteiger partial charge >= 0.3 is 0 Å². The van der Waals surface area contributed by atoms with E-state index >= 15 is 0 Å². The molecule has 0 heterocycles. The van der Waals surface area contributed by atoms with Crippen molar-refractivity contribution in [2.75, 3.05) is 19.8 Å². The molecule has 0 spiro atoms. The average molecular weight is 285 g/mol. The van der Waals surface area contributed by atoms with E-state index in [1.807, 2.05) is 20.8 Å². The minimum Gasteiger partial charge on any atom is -0.396 e. The van der Waals surface area contributed by atoms with Gasteiger partial charge in [0.1, 0.15) is 0 Å². The molecule has 0 radical (unpaired) electrons. The fourth-order valence-electron chi connectivity index (χ4n) is 1.60. The largest absolute Gasteiger partial charge is 0.396 e. The standard InChI is InChI=1S/C16H31NO3/c1-12(2)14(19)17-10-13(3)11-20-16(6,7)15(4,5)8-9-18/h13,18H,1,8-11H2,2-7H3,(H,17,19). The van der Waals surface area contributed by atoms with Crippen LogP contribution in [0.25, 0.3) is 0 Å². The van der Waals surface area contributed by atoms with Crippen LogP contribution in [0.3, 0.4) is 0 Å². The van der Waals surface area contributed by atoms with Crippen molar-refractivity contribution in [1.82, 2.24) is 5.32 Å². The highest BCUT2D eigenvalue weighted by Crippen LogP contribution is 2.36. The maximum Gasteiger partial charge on any atom is 0.246 e. The van der Waals surface area contributed by atoms with Crippen LogP contribution in [0.15, 0.2) is 12.2 Å². The maximum atomic E-state index is 11.4. The summed E-state index contributed by atoms with van der Waals surface area (Å²) in [6.45, 7) is 16.9. The van der Waals surface area contributed by atoms with Gasteiger partial charge < -0.3 is 15.2 Å². The van der Waals surface area contributed by atoms with Crippen LogP contribution in [-0.2, 0) is 9.53 Å². The third kappa shape index (κ3) is 6.06. The molecule has 0 fully saturated rings. The van der Waals surface area contributed by atoms with Crippen LogP contribution in [0.4, 0.5) is 0 Å². The number of hydrogen-bond donors (Lipinski definition) is 2. The van der Waals surface area contributed by atoms with Crippen molar-refractivity contribution in [1.29, 1.82) is 0 Å². The summed E-state index contributed by atoms with van der Waals surface area (Å²) in [4.78, 5) is 11.4. The van der Waals surface area contributed by atoms with Crippen molar-refractivity contribution in [3.8, 4) is 0 Å². The van der Waals surface area contributed by atoms with E-state index in [1.165, 1.54) is 0 Å². The Morgan fingerprint density at radius 1 is 1.35 bits per heavy atom. The summed E-state index contributed by atoms with van der Waals surface area (Å²) in [5.41, 5.74) is 0.0765. The van der Waals surface area contributed by atoms with Crippen LogP contribution in [-0.4, -0.2) is 36.4 Å². The van der Waals surface area contributed by atoms with Crippen molar-refractivity contribution >= 4 is 5.91 Å². The molecule has 0 rings (SSSR count). The van der Waals surface area contributed by atoms with E-state index in [1.54, 1.807) is 6.92 Å². The molecule has 0 aromatic heterocycles. The molecule has 2 N–H and O–H groups in total. The lowest BCUT2D eigenvalue weighted by atomic mass is 9.74. The van der Waals surface area contributed by atoms with Gasteiger partial charge in [0.2, 0.25) is 5.91 Å². The Labute approximate surface area is 123 Å². The highest BCUT2D eigenvalue weighted by molar-refractivity contribution is 5.92. The zero-order chi connectivity index (χ0) is 16.0. The minimum atomic E-state index is -0.331. The number of nitrogens with one attached hydrogen (secondary N) is 1. The Morgan fingerprint density at radius 2 is 1.90 bits per heavy atom. The molecule has 4 nitrogen and oxygen atoms in total. The topological polar surface area (TPSA) is 58.6 Å². The molecule has 118 valence electrons. The number of rotatable bonds is 9. The maximum absolute atomic E-state index is 11.4. The van der Waals surface area contributed by atoms with Crippen LogP contribution in [0, 0.1) is 11.3 Å². The van der Waals surface area contributed by atoms with Crippen LogP contribution < -0.4 is 5.32 Å². The monoisotopic (exact) mass is 285 g/mol. The summed E-state index contributed by atoms with van der Waals surface area (Å²) in [7, 11) is 0. The van der Waals surface area contributed by atoms with E-state index in [0.29, 0.717) is 25.1 Å². The highest BCUT2D eigenvalue weighted by atomic mass is 16.5. The van der Waals surface area contributed by atoms with Gasteiger partial charge in [-0.25, -0.2) is 0 Å². The fraction of sp³-hybridized carbons (Fsp3) is 0.812. The van der Waals surface area contributed by atoms with Crippen LogP contribution in [0.1, 0.15) is 48.0 Å². The molecule has 0 aromatic carbocycles. The Morgan fingerprint density at radius 3 is 2.35 bits per heavy atom. The molecule has 0 saturated heterocycles. The smallest absolute Gasteiger partial charge is 0.246 e. The number of aliphatic hydroxyl groups is 1. The lowest BCUT2D eigenvalue weighted by Gasteiger charge is -2.42. The first-order valence-corrected chi connectivity index (χ1v) is 7.22. The summed E-state index contributed by atoms with van der Waals surface area (Å²) >= 11 is 0. The number of aliphatic hydroxyl groups excluding tert-OH is 1. The summed E-state index contributed by atoms with van der Waals surface area (Å²) < 4.78 is 6.02. The average Bonchev–Trinajstić information content (AvgIpc) is 2.33. The first-order chi connectivity index (χ1) is 9.03. The third-order valence-electron chi connectivity index (χ3n) is 4.09. The van der Waals surface area contributed by atoms with Crippen molar-refractivity contribution in [3.63, 3.8) is 0 Å². The van der Waals surface area contributed by atoms with Crippen LogP contribution >= 0.6 is 0 Å². The number of hydrogen-bond acceptors (Lipinski definition) is 3. The van der Waals surface area contributed by atoms with Gasteiger partial charge in [0, 0.05) is 18.7 Å². The molecule has 0 aromatic rings. The molecule has 4 heteroatoms. The second-order valence-corrected chi connectivity index (χ2v) is 6.77. The van der Waals surface area contributed by atoms with Crippen molar-refractivity contribution in [2.45, 2.75) is 53.6 Å². The van der Waals surface area contributed by atoms with Gasteiger partial charge in [0.05, 0.1) is 12.2 Å². The molecule has 0 aliphatic rings. The lowest BCUT2D eigenvalue weighted by Crippen LogP contribution is -2.44. The van der Waals surface area contributed by atoms with E-state index < -0.39 is 0 Å². The van der Waals surface area contributed by atoms with E-state index in [-0.39, 0.29) is 29.4 Å². The van der Waals surface area contributed by atoms with Gasteiger partial charge in [-0.05, 0) is 38.5 Å². The van der Waals surface area contributed by atoms with E-state index in [4.69, 9.17) is 9.84 Å². The Kier molecular flexibility index (Phi) is 7.45. The Hall–Kier alpha value is -0.870. The molecule has 1 amide bonds. The molecule has 0 aliphatic heterocycles. The zero-order valence-electron chi connectivity index (χ0n) is 13.9. The van der Waals surface area contributed by atoms with Gasteiger partial charge in [-0.2, -0.15) is 0 Å². The first-order valence-electron chi connectivity index (χ1n) is 7.22. The van der Waals surface area contributed by atoms with Crippen molar-refractivity contribution in [2.24, 2.45) is 11.3 Å². The number of ether oxygens (including phenoxy) is 1. The SMILES string of the molecule is C=C(C)C(=O)NCC(C)COC(C)(C)C(C)(C)CCO. The van der Waals surface area contributed by atoms with Crippen LogP contribution in [0.2, 0.25) is 0 Å². The fourth-order valence-corrected chi connectivity index (χ4v) is 1.60. The Bertz CT molecular complexity index is 335. The second-order valence-electron chi connectivity index (χ2n) is 6.77. The highest BCUT2D eigenvalue weighted by Gasteiger charge is 2.37. The van der Waals surface area contributed by atoms with E-state index in [9.17, 15) is 4.79 Å². The Balaban J connectivity index is 4.26. The van der Waals surface area contributed by atoms with E-state index in [2.05, 4.69) is 25.7 Å². The number of carbonyl (C=O) groups excluding carboxylic acids is 1. The summed E-state index contributed by atoms with van der Waals surface area (Å²) in [5.74, 6) is 0.110. The molecule has 1 atom stereocenters. The van der Waals surface area contributed by atoms with Gasteiger partial charge in [-0.15, -0.1) is 0 Å². The number of carbonyl (C=O) groups is 1. The van der Waals surface area contributed by atoms with Crippen LogP contribution in [0.5, 0.6) is 0 Å². The molecule has 0 aliphatic carbocycles. The quantitative estimate of drug-likeness (QED) is 0.640. The molecule has 1 unspecified atom stereocenters.